The molecule has 27 heavy (non-hydrogen) atoms. The minimum Gasteiger partial charge on any atom is -0.467 e. The third kappa shape index (κ3) is 4.20. The Balaban J connectivity index is 1.82. The molecule has 8 nitrogen and oxygen atoms in total. The summed E-state index contributed by atoms with van der Waals surface area (Å²) in [7, 11) is -2.08. The summed E-state index contributed by atoms with van der Waals surface area (Å²) in [6.45, 7) is 2.65. The highest BCUT2D eigenvalue weighted by Gasteiger charge is 2.31. The number of ether oxygens (including phenoxy) is 1. The Morgan fingerprint density at radius 3 is 2.78 bits per heavy atom. The van der Waals surface area contributed by atoms with Crippen LogP contribution in [-0.2, 0) is 26.1 Å². The third-order valence-electron chi connectivity index (χ3n) is 4.15. The Labute approximate surface area is 157 Å². The fourth-order valence-corrected chi connectivity index (χ4v) is 4.04. The zero-order valence-electron chi connectivity index (χ0n) is 15.1. The third-order valence-corrected chi connectivity index (χ3v) is 5.54. The second-order valence-electron chi connectivity index (χ2n) is 6.09. The van der Waals surface area contributed by atoms with Gasteiger partial charge in [0.1, 0.15) is 17.6 Å². The van der Waals surface area contributed by atoms with E-state index in [1.54, 1.807) is 55.5 Å². The lowest BCUT2D eigenvalue weighted by Gasteiger charge is -2.23. The molecule has 1 N–H and O–H groups in total. The van der Waals surface area contributed by atoms with Gasteiger partial charge in [-0.15, -0.1) is 0 Å². The molecule has 1 aliphatic rings. The first-order valence-electron chi connectivity index (χ1n) is 8.42. The van der Waals surface area contributed by atoms with Gasteiger partial charge in [-0.2, -0.15) is 0 Å². The molecule has 0 fully saturated rings. The number of carbonyl (C=O) groups is 1. The summed E-state index contributed by atoms with van der Waals surface area (Å²) in [5.74, 6) is 0.571. The molecule has 0 saturated carbocycles. The zero-order chi connectivity index (χ0) is 19.4. The lowest BCUT2D eigenvalue weighted by molar-refractivity contribution is -0.133. The van der Waals surface area contributed by atoms with Gasteiger partial charge in [-0.25, -0.2) is 8.42 Å². The lowest BCUT2D eigenvalue weighted by Crippen LogP contribution is -2.39. The number of aliphatic imine (C=N–C) groups is 1. The van der Waals surface area contributed by atoms with E-state index in [1.807, 2.05) is 0 Å². The van der Waals surface area contributed by atoms with Crippen LogP contribution in [0.25, 0.3) is 0 Å². The number of benzene rings is 1. The summed E-state index contributed by atoms with van der Waals surface area (Å²) in [5, 5.41) is 0. The van der Waals surface area contributed by atoms with Gasteiger partial charge >= 0.3 is 0 Å². The molecule has 1 atom stereocenters. The van der Waals surface area contributed by atoms with Crippen molar-refractivity contribution in [2.45, 2.75) is 24.4 Å². The molecule has 0 aliphatic carbocycles. The van der Waals surface area contributed by atoms with E-state index in [-0.39, 0.29) is 23.2 Å². The van der Waals surface area contributed by atoms with Crippen LogP contribution in [0.15, 0.2) is 57.0 Å². The van der Waals surface area contributed by atoms with Crippen molar-refractivity contribution in [1.82, 2.24) is 9.62 Å². The Morgan fingerprint density at radius 1 is 1.30 bits per heavy atom. The SMILES string of the molecule is COCCN(Cc1ccco1)C(=O)[C@H](C)N=C1NS(=O)(=O)c2ccccc21. The monoisotopic (exact) mass is 391 g/mol. The van der Waals surface area contributed by atoms with Crippen molar-refractivity contribution in [1.29, 1.82) is 0 Å². The van der Waals surface area contributed by atoms with E-state index >= 15 is 0 Å². The first-order valence-corrected chi connectivity index (χ1v) is 9.91. The van der Waals surface area contributed by atoms with Crippen molar-refractivity contribution in [2.24, 2.45) is 4.99 Å². The van der Waals surface area contributed by atoms with Crippen LogP contribution < -0.4 is 4.72 Å². The quantitative estimate of drug-likeness (QED) is 0.768. The largest absolute Gasteiger partial charge is 0.467 e. The predicted molar refractivity (Wildman–Crippen MR) is 98.8 cm³/mol. The minimum atomic E-state index is -3.64. The number of sulfonamides is 1. The topological polar surface area (TPSA) is 101 Å². The van der Waals surface area contributed by atoms with Crippen LogP contribution >= 0.6 is 0 Å². The summed E-state index contributed by atoms with van der Waals surface area (Å²) in [5.41, 5.74) is 0.464. The average Bonchev–Trinajstić information content (AvgIpc) is 3.25. The molecule has 1 amide bonds. The number of hydrogen-bond acceptors (Lipinski definition) is 6. The number of furan rings is 1. The van der Waals surface area contributed by atoms with Crippen LogP contribution in [0.2, 0.25) is 0 Å². The minimum absolute atomic E-state index is 0.162. The number of fused-ring (bicyclic) bond motifs is 1. The van der Waals surface area contributed by atoms with E-state index in [2.05, 4.69) is 9.71 Å². The molecule has 0 radical (unpaired) electrons. The summed E-state index contributed by atoms with van der Waals surface area (Å²) in [6, 6.07) is 9.30. The van der Waals surface area contributed by atoms with Gasteiger partial charge in [0, 0.05) is 19.2 Å². The van der Waals surface area contributed by atoms with Crippen molar-refractivity contribution in [3.63, 3.8) is 0 Å². The molecular formula is C18H21N3O5S. The Hall–Kier alpha value is -2.65. The van der Waals surface area contributed by atoms with Gasteiger partial charge in [0.05, 0.1) is 24.3 Å². The predicted octanol–water partition coefficient (Wildman–Crippen LogP) is 1.38. The molecule has 0 saturated heterocycles. The number of nitrogens with zero attached hydrogens (tertiary/aromatic N) is 2. The molecule has 1 aromatic heterocycles. The highest BCUT2D eigenvalue weighted by atomic mass is 32.2. The first-order chi connectivity index (χ1) is 12.9. The van der Waals surface area contributed by atoms with Crippen LogP contribution in [0.3, 0.4) is 0 Å². The van der Waals surface area contributed by atoms with Gasteiger partial charge in [0.15, 0.2) is 0 Å². The zero-order valence-corrected chi connectivity index (χ0v) is 15.9. The second kappa shape index (κ2) is 7.93. The van der Waals surface area contributed by atoms with E-state index in [0.29, 0.717) is 24.5 Å². The van der Waals surface area contributed by atoms with Crippen molar-refractivity contribution < 1.29 is 22.4 Å². The van der Waals surface area contributed by atoms with Crippen molar-refractivity contribution in [2.75, 3.05) is 20.3 Å². The Bertz CT molecular complexity index is 938. The summed E-state index contributed by atoms with van der Waals surface area (Å²) >= 11 is 0. The highest BCUT2D eigenvalue weighted by molar-refractivity contribution is 7.90. The van der Waals surface area contributed by atoms with Crippen molar-refractivity contribution >= 4 is 21.8 Å². The Morgan fingerprint density at radius 2 is 2.07 bits per heavy atom. The van der Waals surface area contributed by atoms with E-state index < -0.39 is 16.1 Å². The van der Waals surface area contributed by atoms with Crippen LogP contribution in [-0.4, -0.2) is 51.4 Å². The maximum atomic E-state index is 12.9. The average molecular weight is 391 g/mol. The van der Waals surface area contributed by atoms with E-state index in [4.69, 9.17) is 9.15 Å². The number of methoxy groups -OCH3 is 1. The van der Waals surface area contributed by atoms with Crippen molar-refractivity contribution in [3.05, 3.63) is 54.0 Å². The number of amidine groups is 1. The number of carbonyl (C=O) groups excluding carboxylic acids is 1. The fourth-order valence-electron chi connectivity index (χ4n) is 2.80. The number of rotatable bonds is 7. The van der Waals surface area contributed by atoms with Crippen LogP contribution in [0, 0.1) is 0 Å². The first kappa shape index (κ1) is 19.1. The van der Waals surface area contributed by atoms with Gasteiger partial charge in [-0.05, 0) is 31.2 Å². The van der Waals surface area contributed by atoms with E-state index in [0.717, 1.165) is 0 Å². The molecule has 3 rings (SSSR count). The van der Waals surface area contributed by atoms with E-state index in [1.165, 1.54) is 6.07 Å². The molecule has 144 valence electrons. The van der Waals surface area contributed by atoms with Crippen LogP contribution in [0.5, 0.6) is 0 Å². The Kier molecular flexibility index (Phi) is 5.62. The molecule has 2 heterocycles. The lowest BCUT2D eigenvalue weighted by atomic mass is 10.2. The molecule has 9 heteroatoms. The number of hydrogen-bond donors (Lipinski definition) is 1. The van der Waals surface area contributed by atoms with Crippen LogP contribution in [0.1, 0.15) is 18.2 Å². The smallest absolute Gasteiger partial charge is 0.263 e. The molecule has 2 aromatic rings. The molecule has 1 aliphatic heterocycles. The highest BCUT2D eigenvalue weighted by Crippen LogP contribution is 2.22. The van der Waals surface area contributed by atoms with Gasteiger partial charge in [-0.1, -0.05) is 12.1 Å². The van der Waals surface area contributed by atoms with Gasteiger partial charge in [0.25, 0.3) is 10.0 Å². The number of nitrogens with one attached hydrogen (secondary N) is 1. The van der Waals surface area contributed by atoms with Crippen molar-refractivity contribution in [3.8, 4) is 0 Å². The maximum Gasteiger partial charge on any atom is 0.263 e. The normalized spacial score (nSPS) is 17.3. The molecular weight excluding hydrogens is 370 g/mol. The van der Waals surface area contributed by atoms with Gasteiger partial charge in [0.2, 0.25) is 5.91 Å². The molecule has 0 spiro atoms. The van der Waals surface area contributed by atoms with Gasteiger partial charge < -0.3 is 14.1 Å². The second-order valence-corrected chi connectivity index (χ2v) is 7.74. The maximum absolute atomic E-state index is 12.9. The fraction of sp³-hybridized carbons (Fsp3) is 0.333. The summed E-state index contributed by atoms with van der Waals surface area (Å²) < 4.78 is 37.2. The molecule has 0 unspecified atom stereocenters. The summed E-state index contributed by atoms with van der Waals surface area (Å²) in [6.07, 6.45) is 1.54. The summed E-state index contributed by atoms with van der Waals surface area (Å²) in [4.78, 5) is 19.0. The standard InChI is InChI=1S/C18H21N3O5S/c1-13(18(22)21(9-11-25-2)12-14-6-5-10-26-14)19-17-15-7-3-4-8-16(15)27(23,24)20-17/h3-8,10,13H,9,11-12H2,1-2H3,(H,19,20)/t13-/m0/s1. The molecule has 1 aromatic carbocycles. The van der Waals surface area contributed by atoms with E-state index in [9.17, 15) is 13.2 Å². The van der Waals surface area contributed by atoms with Crippen LogP contribution in [0.4, 0.5) is 0 Å². The van der Waals surface area contributed by atoms with Gasteiger partial charge in [-0.3, -0.25) is 14.5 Å². The number of amides is 1. The molecule has 0 bridgehead atoms.